The van der Waals surface area contributed by atoms with Gasteiger partial charge in [-0.05, 0) is 23.7 Å². The molecule has 18 heavy (non-hydrogen) atoms. The Morgan fingerprint density at radius 1 is 0.889 bits per heavy atom. The normalized spacial score (nSPS) is 11.3. The topological polar surface area (TPSA) is 28.7 Å². The van der Waals surface area contributed by atoms with E-state index in [-0.39, 0.29) is 0 Å². The van der Waals surface area contributed by atoms with Crippen molar-refractivity contribution in [1.29, 1.82) is 0 Å². The highest BCUT2D eigenvalue weighted by Crippen LogP contribution is 2.34. The molecule has 0 bridgehead atoms. The summed E-state index contributed by atoms with van der Waals surface area (Å²) >= 11 is 1.56. The van der Waals surface area contributed by atoms with E-state index < -0.39 is 0 Å². The molecule has 2 heterocycles. The van der Waals surface area contributed by atoms with Crippen LogP contribution in [0.2, 0.25) is 0 Å². The van der Waals surface area contributed by atoms with Crippen molar-refractivity contribution in [2.24, 2.45) is 0 Å². The first kappa shape index (κ1) is 9.85. The van der Waals surface area contributed by atoms with Crippen LogP contribution in [-0.2, 0) is 0 Å². The summed E-state index contributed by atoms with van der Waals surface area (Å²) in [4.78, 5) is 3.31. The van der Waals surface area contributed by atoms with Gasteiger partial charge in [0.15, 0.2) is 0 Å². The predicted octanol–water partition coefficient (Wildman–Crippen LogP) is 4.44. The molecule has 0 atom stereocenters. The van der Waals surface area contributed by atoms with E-state index >= 15 is 0 Å². The van der Waals surface area contributed by atoms with Gasteiger partial charge >= 0.3 is 0 Å². The van der Waals surface area contributed by atoms with Crippen LogP contribution in [0.5, 0.6) is 0 Å². The molecule has 3 heteroatoms. The van der Waals surface area contributed by atoms with E-state index in [0.29, 0.717) is 0 Å². The van der Waals surface area contributed by atoms with Gasteiger partial charge in [0.2, 0.25) is 0 Å². The number of nitrogens with one attached hydrogen (secondary N) is 1. The number of rotatable bonds is 1. The van der Waals surface area contributed by atoms with Gasteiger partial charge in [0.1, 0.15) is 0 Å². The van der Waals surface area contributed by atoms with Crippen molar-refractivity contribution in [2.75, 3.05) is 0 Å². The Bertz CT molecular complexity index is 770. The first-order valence-electron chi connectivity index (χ1n) is 5.84. The van der Waals surface area contributed by atoms with Crippen molar-refractivity contribution >= 4 is 32.5 Å². The van der Waals surface area contributed by atoms with Gasteiger partial charge in [0.05, 0.1) is 10.4 Å². The van der Waals surface area contributed by atoms with E-state index in [1.807, 2.05) is 12.3 Å². The summed E-state index contributed by atoms with van der Waals surface area (Å²) in [6.45, 7) is 0. The fourth-order valence-corrected chi connectivity index (χ4v) is 3.14. The summed E-state index contributed by atoms with van der Waals surface area (Å²) in [6, 6.07) is 16.7. The molecule has 0 fully saturated rings. The summed E-state index contributed by atoms with van der Waals surface area (Å²) in [5, 5.41) is 2.46. The quantitative estimate of drug-likeness (QED) is 0.531. The third-order valence-corrected chi connectivity index (χ3v) is 4.05. The minimum atomic E-state index is 1.08. The summed E-state index contributed by atoms with van der Waals surface area (Å²) < 4.78 is 5.84. The first-order chi connectivity index (χ1) is 8.93. The molecule has 2 nitrogen and oxygen atoms in total. The van der Waals surface area contributed by atoms with Gasteiger partial charge < -0.3 is 4.98 Å². The third-order valence-electron chi connectivity index (χ3n) is 3.22. The number of aromatic amines is 1. The molecule has 2 aromatic carbocycles. The molecule has 0 saturated carbocycles. The van der Waals surface area contributed by atoms with E-state index in [4.69, 9.17) is 0 Å². The molecular formula is C15H10N2S. The molecule has 0 spiro atoms. The molecule has 0 unspecified atom stereocenters. The molecule has 0 amide bonds. The Labute approximate surface area is 108 Å². The van der Waals surface area contributed by atoms with Crippen LogP contribution in [0.25, 0.3) is 32.2 Å². The average molecular weight is 250 g/mol. The van der Waals surface area contributed by atoms with Crippen molar-refractivity contribution in [2.45, 2.75) is 0 Å². The molecular weight excluding hydrogens is 240 g/mol. The van der Waals surface area contributed by atoms with E-state index in [1.54, 1.807) is 11.5 Å². The van der Waals surface area contributed by atoms with Crippen molar-refractivity contribution < 1.29 is 0 Å². The van der Waals surface area contributed by atoms with Crippen molar-refractivity contribution in [3.63, 3.8) is 0 Å². The number of aromatic nitrogens is 2. The van der Waals surface area contributed by atoms with Crippen LogP contribution < -0.4 is 0 Å². The molecule has 4 aromatic rings. The maximum absolute atomic E-state index is 4.61. The zero-order chi connectivity index (χ0) is 11.9. The van der Waals surface area contributed by atoms with Gasteiger partial charge in [-0.25, -0.2) is 0 Å². The number of hydrogen-bond acceptors (Lipinski definition) is 2. The lowest BCUT2D eigenvalue weighted by molar-refractivity contribution is 1.46. The molecule has 0 aliphatic heterocycles. The van der Waals surface area contributed by atoms with Gasteiger partial charge in [0.25, 0.3) is 0 Å². The minimum Gasteiger partial charge on any atom is -0.360 e. The van der Waals surface area contributed by atoms with Gasteiger partial charge in [-0.3, -0.25) is 0 Å². The monoisotopic (exact) mass is 250 g/mol. The second-order valence-corrected chi connectivity index (χ2v) is 5.08. The standard InChI is InChI=1S/C15H10N2S/c1-3-7-13-10(5-1)12(9-16-13)15-11-6-2-4-8-14(11)18-17-15/h1-9,16H. The molecule has 2 aromatic heterocycles. The molecule has 0 aliphatic rings. The van der Waals surface area contributed by atoms with E-state index in [0.717, 1.165) is 11.2 Å². The van der Waals surface area contributed by atoms with Crippen molar-refractivity contribution in [1.82, 2.24) is 9.36 Å². The number of benzene rings is 2. The van der Waals surface area contributed by atoms with E-state index in [2.05, 4.69) is 51.8 Å². The lowest BCUT2D eigenvalue weighted by atomic mass is 10.1. The number of hydrogen-bond donors (Lipinski definition) is 1. The summed E-state index contributed by atoms with van der Waals surface area (Å²) in [7, 11) is 0. The van der Waals surface area contributed by atoms with Crippen LogP contribution in [0.1, 0.15) is 0 Å². The zero-order valence-corrected chi connectivity index (χ0v) is 10.4. The highest BCUT2D eigenvalue weighted by atomic mass is 32.1. The van der Waals surface area contributed by atoms with Crippen LogP contribution in [0, 0.1) is 0 Å². The predicted molar refractivity (Wildman–Crippen MR) is 76.9 cm³/mol. The lowest BCUT2D eigenvalue weighted by Crippen LogP contribution is -1.75. The molecule has 1 N–H and O–H groups in total. The number of nitrogens with zero attached hydrogens (tertiary/aromatic N) is 1. The highest BCUT2D eigenvalue weighted by molar-refractivity contribution is 7.13. The smallest absolute Gasteiger partial charge is 0.0940 e. The van der Waals surface area contributed by atoms with Crippen LogP contribution in [0.4, 0.5) is 0 Å². The first-order valence-corrected chi connectivity index (χ1v) is 6.62. The van der Waals surface area contributed by atoms with E-state index in [9.17, 15) is 0 Å². The molecule has 86 valence electrons. The Morgan fingerprint density at radius 2 is 1.67 bits per heavy atom. The Hall–Kier alpha value is -2.13. The molecule has 0 aliphatic carbocycles. The number of H-pyrrole nitrogens is 1. The van der Waals surface area contributed by atoms with Gasteiger partial charge in [-0.15, -0.1) is 0 Å². The summed E-state index contributed by atoms with van der Waals surface area (Å²) in [5.74, 6) is 0. The van der Waals surface area contributed by atoms with Crippen molar-refractivity contribution in [3.05, 3.63) is 54.7 Å². The number of para-hydroxylation sites is 1. The van der Waals surface area contributed by atoms with Crippen molar-refractivity contribution in [3.8, 4) is 11.3 Å². The van der Waals surface area contributed by atoms with E-state index in [1.165, 1.54) is 21.0 Å². The van der Waals surface area contributed by atoms with Gasteiger partial charge in [-0.1, -0.05) is 36.4 Å². The van der Waals surface area contributed by atoms with Gasteiger partial charge in [0, 0.05) is 28.0 Å². The largest absolute Gasteiger partial charge is 0.360 e. The SMILES string of the molecule is c1ccc2c(-c3nsc4ccccc34)c[nH]c2c1. The van der Waals surface area contributed by atoms with Gasteiger partial charge in [-0.2, -0.15) is 4.37 Å². The Balaban J connectivity index is 2.08. The van der Waals surface area contributed by atoms with Crippen LogP contribution >= 0.6 is 11.5 Å². The average Bonchev–Trinajstić information content (AvgIpc) is 3.01. The fourth-order valence-electron chi connectivity index (χ4n) is 2.35. The minimum absolute atomic E-state index is 1.08. The molecule has 0 saturated heterocycles. The maximum atomic E-state index is 4.61. The summed E-state index contributed by atoms with van der Waals surface area (Å²) in [6.07, 6.45) is 2.05. The molecule has 0 radical (unpaired) electrons. The van der Waals surface area contributed by atoms with Crippen LogP contribution in [0.3, 0.4) is 0 Å². The number of fused-ring (bicyclic) bond motifs is 2. The molecule has 4 rings (SSSR count). The fraction of sp³-hybridized carbons (Fsp3) is 0. The second kappa shape index (κ2) is 3.68. The summed E-state index contributed by atoms with van der Waals surface area (Å²) in [5.41, 5.74) is 3.42. The Morgan fingerprint density at radius 3 is 2.61 bits per heavy atom. The lowest BCUT2D eigenvalue weighted by Gasteiger charge is -1.95. The third kappa shape index (κ3) is 1.31. The van der Waals surface area contributed by atoms with Crippen LogP contribution in [-0.4, -0.2) is 9.36 Å². The second-order valence-electron chi connectivity index (χ2n) is 4.28. The zero-order valence-electron chi connectivity index (χ0n) is 9.55. The highest BCUT2D eigenvalue weighted by Gasteiger charge is 2.11. The van der Waals surface area contributed by atoms with Crippen LogP contribution in [0.15, 0.2) is 54.7 Å². The Kier molecular flexibility index (Phi) is 2.02. The maximum Gasteiger partial charge on any atom is 0.0940 e.